The summed E-state index contributed by atoms with van der Waals surface area (Å²) in [5.74, 6) is -9.57. The smallest absolute Gasteiger partial charge is 0.395 e. The molecule has 0 aliphatic heterocycles. The number of hydrogen-bond donors (Lipinski definition) is 5. The molecule has 15 rings (SSSR count). The van der Waals surface area contributed by atoms with Crippen LogP contribution < -0.4 is 33.5 Å². The number of pyridine rings is 4. The van der Waals surface area contributed by atoms with E-state index in [-0.39, 0.29) is 130 Å². The van der Waals surface area contributed by atoms with Gasteiger partial charge in [0.05, 0.1) is 60.6 Å². The maximum absolute atomic E-state index is 12.6. The minimum atomic E-state index is -4.31. The van der Waals surface area contributed by atoms with Gasteiger partial charge in [-0.1, -0.05) is 101 Å². The van der Waals surface area contributed by atoms with Gasteiger partial charge in [-0.3, -0.25) is 9.59 Å². The SMILES string of the molecule is NS(=O)(=O)c1ccccc1.O=C(NS(=O)(=O)c1ccccc1)c1ccc(-n2ccc(O[C@@H]3C[C@H]3C(F)(F)F)n2)nc1Cl.O=C(NS(=O)(=O)c1ccccc1)c1ccc(-n2ccc(O[C@H]3C[C@@H]3C(F)(F)F)n2)nc1Cl.O=C(O)c1ccc(-n2ccc(O[C@@H]3C[C@H]3C(F)(F)F)n2)nc1Cl.O=C(O)c1ccc(-n2ccc(O[C@H]3C[C@@H]3C(F)(F)F)n2)nc1Cl. The molecule has 8 aromatic heterocycles. The molecule has 50 heteroatoms. The lowest BCUT2D eigenvalue weighted by Crippen LogP contribution is -2.31. The first kappa shape index (κ1) is 89.1. The van der Waals surface area contributed by atoms with E-state index in [1.165, 1.54) is 177 Å². The van der Waals surface area contributed by atoms with Crippen LogP contribution in [0.5, 0.6) is 23.5 Å². The lowest BCUT2D eigenvalue weighted by molar-refractivity contribution is -0.154. The fraction of sp³-hybridized carbons (Fsp3) is 0.229. The third kappa shape index (κ3) is 23.4. The Bertz CT molecular complexity index is 5640. The van der Waals surface area contributed by atoms with Crippen molar-refractivity contribution in [3.05, 3.63) is 231 Å². The number of primary sulfonamides is 1. The first-order valence-electron chi connectivity index (χ1n) is 33.8. The first-order valence-corrected chi connectivity index (χ1v) is 39.9. The van der Waals surface area contributed by atoms with E-state index in [1.807, 2.05) is 9.44 Å². The summed E-state index contributed by atoms with van der Waals surface area (Å²) < 4.78 is 250. The molecule has 3 aromatic carbocycles. The summed E-state index contributed by atoms with van der Waals surface area (Å²) in [6, 6.07) is 38.5. The predicted molar refractivity (Wildman–Crippen MR) is 394 cm³/mol. The molecule has 0 radical (unpaired) electrons. The Morgan fingerprint density at radius 1 is 0.358 bits per heavy atom. The minimum absolute atomic E-state index is 0.0181. The Hall–Kier alpha value is -11.7. The zero-order valence-electron chi connectivity index (χ0n) is 59.7. The van der Waals surface area contributed by atoms with Crippen LogP contribution in [0.15, 0.2) is 203 Å². The number of aromatic nitrogens is 12. The molecule has 634 valence electrons. The molecule has 8 atom stereocenters. The Kier molecular flexibility index (Phi) is 26.5. The lowest BCUT2D eigenvalue weighted by Gasteiger charge is -2.09. The summed E-state index contributed by atoms with van der Waals surface area (Å²) in [6.45, 7) is 0. The molecule has 11 aromatic rings. The quantitative estimate of drug-likeness (QED) is 0.0329. The van der Waals surface area contributed by atoms with E-state index in [4.69, 9.17) is 80.7 Å². The third-order valence-corrected chi connectivity index (χ3v) is 21.6. The number of halogens is 16. The standard InChI is InChI=1S/2C19H14ClF3N4O4S.2C13H9ClF3N3O3.C6H7NO2S/c2*20-17-12(18(28)26-32(29,30)11-4-2-1-3-5-11)6-7-15(24-17)27-9-8-16(25-27)31-14-10-13(14)19(21,22)23;2*14-11-6(12(21)22)1-2-9(18-11)20-4-3-10(19-20)23-8-5-7(8)13(15,16)17;7-10(8,9)6-4-2-1-3-5-6/h2*1-9,13-14H,10H2,(H,26,28);2*1-4,7-8H,5H2,(H,21,22);1-5H,(H2,7,8,9)/t2*13-,14-;2*7-,8-;/m1010./s1. The zero-order valence-corrected chi connectivity index (χ0v) is 65.1. The summed E-state index contributed by atoms with van der Waals surface area (Å²) in [5.41, 5.74) is -0.704. The van der Waals surface area contributed by atoms with Crippen molar-refractivity contribution in [2.75, 3.05) is 0 Å². The molecule has 2 amide bonds. The number of carboxylic acid groups (broad SMARTS) is 2. The number of carboxylic acids is 2. The number of aromatic carboxylic acids is 2. The number of rotatable bonds is 21. The number of benzene rings is 3. The van der Waals surface area contributed by atoms with Crippen molar-refractivity contribution < 1.29 is 126 Å². The Morgan fingerprint density at radius 3 is 0.775 bits per heavy atom. The number of ether oxygens (including phenoxy) is 4. The molecular formula is C70H53Cl4F12N15O16S3. The Balaban J connectivity index is 0.000000152. The summed E-state index contributed by atoms with van der Waals surface area (Å²) in [5, 5.41) is 37.5. The Labute approximate surface area is 687 Å². The van der Waals surface area contributed by atoms with Gasteiger partial charge in [-0.2, -0.15) is 52.7 Å². The van der Waals surface area contributed by atoms with Gasteiger partial charge < -0.3 is 29.2 Å². The van der Waals surface area contributed by atoms with Crippen LogP contribution in [0.3, 0.4) is 0 Å². The van der Waals surface area contributed by atoms with Crippen LogP contribution in [0.2, 0.25) is 20.6 Å². The fourth-order valence-electron chi connectivity index (χ4n) is 10.3. The molecule has 0 spiro atoms. The second kappa shape index (κ2) is 35.7. The molecule has 120 heavy (non-hydrogen) atoms. The van der Waals surface area contributed by atoms with Crippen molar-refractivity contribution >= 4 is 100 Å². The van der Waals surface area contributed by atoms with E-state index in [2.05, 4.69) is 40.3 Å². The highest BCUT2D eigenvalue weighted by atomic mass is 35.5. The molecule has 4 aliphatic rings. The average molecular weight is 1830 g/mol. The molecular weight excluding hydrogens is 1770 g/mol. The van der Waals surface area contributed by atoms with E-state index < -0.39 is 127 Å². The van der Waals surface area contributed by atoms with Crippen molar-refractivity contribution in [2.24, 2.45) is 28.8 Å². The molecule has 4 aliphatic carbocycles. The van der Waals surface area contributed by atoms with Gasteiger partial charge in [-0.25, -0.2) is 88.1 Å². The maximum Gasteiger partial charge on any atom is 0.395 e. The lowest BCUT2D eigenvalue weighted by atomic mass is 10.3. The highest BCUT2D eigenvalue weighted by molar-refractivity contribution is 7.90. The zero-order chi connectivity index (χ0) is 87.4. The van der Waals surface area contributed by atoms with Gasteiger partial charge in [0, 0.05) is 49.1 Å². The van der Waals surface area contributed by atoms with Crippen LogP contribution in [0.1, 0.15) is 67.1 Å². The number of carbonyl (C=O) groups is 4. The first-order chi connectivity index (χ1) is 56.2. The second-order valence-electron chi connectivity index (χ2n) is 25.5. The van der Waals surface area contributed by atoms with Gasteiger partial charge in [0.1, 0.15) is 45.0 Å². The number of nitrogens with zero attached hydrogens (tertiary/aromatic N) is 12. The summed E-state index contributed by atoms with van der Waals surface area (Å²) in [4.78, 5) is 62.2. The number of amides is 2. The van der Waals surface area contributed by atoms with Crippen molar-refractivity contribution in [1.82, 2.24) is 68.5 Å². The Morgan fingerprint density at radius 2 is 0.583 bits per heavy atom. The normalized spacial score (nSPS) is 18.5. The molecule has 6 N–H and O–H groups in total. The fourth-order valence-corrected chi connectivity index (χ4v) is 13.8. The van der Waals surface area contributed by atoms with Crippen LogP contribution in [-0.2, 0) is 30.1 Å². The molecule has 4 fully saturated rings. The van der Waals surface area contributed by atoms with Gasteiger partial charge in [-0.15, -0.1) is 20.4 Å². The van der Waals surface area contributed by atoms with E-state index in [1.54, 1.807) is 30.3 Å². The highest BCUT2D eigenvalue weighted by Crippen LogP contribution is 2.50. The number of alkyl halides is 12. The summed E-state index contributed by atoms with van der Waals surface area (Å²) in [6.07, 6.45) is -15.7. The topological polar surface area (TPSA) is 421 Å². The van der Waals surface area contributed by atoms with Crippen molar-refractivity contribution in [2.45, 2.75) is 89.5 Å². The van der Waals surface area contributed by atoms with Gasteiger partial charge in [0.2, 0.25) is 33.5 Å². The number of hydrogen-bond acceptors (Lipinski definition) is 22. The monoisotopic (exact) mass is 1820 g/mol. The van der Waals surface area contributed by atoms with Crippen molar-refractivity contribution in [3.63, 3.8) is 0 Å². The summed E-state index contributed by atoms with van der Waals surface area (Å²) >= 11 is 23.6. The van der Waals surface area contributed by atoms with E-state index >= 15 is 0 Å². The molecule has 0 saturated heterocycles. The average Bonchev–Trinajstić information content (AvgIpc) is 1.61. The number of carbonyl (C=O) groups excluding carboxylic acids is 2. The van der Waals surface area contributed by atoms with E-state index in [9.17, 15) is 97.1 Å². The van der Waals surface area contributed by atoms with Crippen LogP contribution in [0.4, 0.5) is 52.7 Å². The van der Waals surface area contributed by atoms with E-state index in [0.717, 1.165) is 0 Å². The number of sulfonamides is 3. The van der Waals surface area contributed by atoms with Crippen LogP contribution >= 0.6 is 46.4 Å². The largest absolute Gasteiger partial charge is 0.478 e. The van der Waals surface area contributed by atoms with Crippen molar-refractivity contribution in [1.29, 1.82) is 0 Å². The molecule has 8 heterocycles. The van der Waals surface area contributed by atoms with Crippen LogP contribution in [0.25, 0.3) is 23.3 Å². The molecule has 0 bridgehead atoms. The predicted octanol–water partition coefficient (Wildman–Crippen LogP) is 13.0. The van der Waals surface area contributed by atoms with E-state index in [0.29, 0.717) is 0 Å². The maximum atomic E-state index is 12.6. The molecule has 0 unspecified atom stereocenters. The summed E-state index contributed by atoms with van der Waals surface area (Å²) in [7, 11) is -11.7. The van der Waals surface area contributed by atoms with Gasteiger partial charge >= 0.3 is 36.6 Å². The van der Waals surface area contributed by atoms with Crippen LogP contribution in [-0.4, -0.2) is 167 Å². The second-order valence-corrected chi connectivity index (χ2v) is 31.9. The number of nitrogens with one attached hydrogen (secondary N) is 2. The molecule has 4 saturated carbocycles. The van der Waals surface area contributed by atoms with Gasteiger partial charge in [0.25, 0.3) is 31.9 Å². The van der Waals surface area contributed by atoms with Gasteiger partial charge in [0.15, 0.2) is 23.3 Å². The third-order valence-electron chi connectivity index (χ3n) is 16.8. The minimum Gasteiger partial charge on any atom is -0.478 e. The van der Waals surface area contributed by atoms with Gasteiger partial charge in [-0.05, 0) is 111 Å². The van der Waals surface area contributed by atoms with Crippen LogP contribution in [0, 0.1) is 23.7 Å². The highest BCUT2D eigenvalue weighted by Gasteiger charge is 2.60. The number of nitrogens with two attached hydrogens (primary N) is 1. The van der Waals surface area contributed by atoms with Crippen molar-refractivity contribution in [3.8, 4) is 46.8 Å². The molecule has 31 nitrogen and oxygen atoms in total.